The first-order chi connectivity index (χ1) is 9.24. The van der Waals surface area contributed by atoms with Gasteiger partial charge in [-0.15, -0.1) is 0 Å². The van der Waals surface area contributed by atoms with E-state index in [0.29, 0.717) is 12.0 Å². The highest BCUT2D eigenvalue weighted by molar-refractivity contribution is 9.10. The molecule has 0 spiro atoms. The average Bonchev–Trinajstić information content (AvgIpc) is 2.94. The van der Waals surface area contributed by atoms with Crippen LogP contribution in [0.1, 0.15) is 19.4 Å². The summed E-state index contributed by atoms with van der Waals surface area (Å²) in [5, 5.41) is 0. The van der Waals surface area contributed by atoms with Crippen LogP contribution in [0.2, 0.25) is 0 Å². The summed E-state index contributed by atoms with van der Waals surface area (Å²) in [6, 6.07) is 4.60. The average molecular weight is 321 g/mol. The molecule has 2 aromatic heterocycles. The van der Waals surface area contributed by atoms with E-state index in [-0.39, 0.29) is 0 Å². The summed E-state index contributed by atoms with van der Waals surface area (Å²) in [6.45, 7) is 4.38. The zero-order valence-electron chi connectivity index (χ0n) is 10.9. The Bertz CT molecular complexity index is 523. The van der Waals surface area contributed by atoms with Gasteiger partial charge in [0.1, 0.15) is 5.82 Å². The molecule has 0 amide bonds. The Hall–Kier alpha value is -1.36. The predicted molar refractivity (Wildman–Crippen MR) is 79.2 cm³/mol. The largest absolute Gasteiger partial charge is 0.355 e. The number of rotatable bonds is 2. The van der Waals surface area contributed by atoms with E-state index in [4.69, 9.17) is 0 Å². The van der Waals surface area contributed by atoms with E-state index in [1.807, 2.05) is 24.8 Å². The second-order valence-electron chi connectivity index (χ2n) is 5.12. The molecule has 4 nitrogen and oxygen atoms in total. The Morgan fingerprint density at radius 3 is 2.95 bits per heavy atom. The zero-order chi connectivity index (χ0) is 13.2. The lowest BCUT2D eigenvalue weighted by atomic mass is 9.93. The van der Waals surface area contributed by atoms with Crippen LogP contribution in [0.4, 0.5) is 5.82 Å². The van der Waals surface area contributed by atoms with E-state index in [0.717, 1.165) is 23.4 Å². The molecule has 0 aliphatic carbocycles. The minimum Gasteiger partial charge on any atom is -0.355 e. The zero-order valence-corrected chi connectivity index (χ0v) is 12.5. The van der Waals surface area contributed by atoms with Gasteiger partial charge in [0.2, 0.25) is 0 Å². The summed E-state index contributed by atoms with van der Waals surface area (Å²) in [5.41, 5.74) is 0. The molecule has 0 radical (unpaired) electrons. The highest BCUT2D eigenvalue weighted by atomic mass is 79.9. The minimum absolute atomic E-state index is 0.474. The Morgan fingerprint density at radius 2 is 2.26 bits per heavy atom. The van der Waals surface area contributed by atoms with Gasteiger partial charge in [0.15, 0.2) is 0 Å². The molecule has 1 aliphatic rings. The van der Waals surface area contributed by atoms with Crippen molar-refractivity contribution in [3.05, 3.63) is 41.5 Å². The Labute approximate surface area is 121 Å². The molecule has 100 valence electrons. The van der Waals surface area contributed by atoms with Gasteiger partial charge < -0.3 is 9.47 Å². The van der Waals surface area contributed by atoms with Gasteiger partial charge in [-0.2, -0.15) is 0 Å². The number of anilines is 1. The molecule has 2 atom stereocenters. The first-order valence-electron chi connectivity index (χ1n) is 6.58. The second-order valence-corrected chi connectivity index (χ2v) is 6.04. The third-order valence-electron chi connectivity index (χ3n) is 3.86. The fourth-order valence-electron chi connectivity index (χ4n) is 2.67. The van der Waals surface area contributed by atoms with Gasteiger partial charge in [0.25, 0.3) is 0 Å². The van der Waals surface area contributed by atoms with Crippen LogP contribution in [0.5, 0.6) is 0 Å². The molecule has 3 rings (SSSR count). The lowest BCUT2D eigenvalue weighted by molar-refractivity contribution is 0.298. The van der Waals surface area contributed by atoms with Gasteiger partial charge >= 0.3 is 0 Å². The van der Waals surface area contributed by atoms with Gasteiger partial charge in [0, 0.05) is 36.2 Å². The van der Waals surface area contributed by atoms with Crippen LogP contribution in [0.15, 0.2) is 41.5 Å². The maximum atomic E-state index is 4.50. The summed E-state index contributed by atoms with van der Waals surface area (Å²) in [6.07, 6.45) is 8.86. The van der Waals surface area contributed by atoms with Gasteiger partial charge in [-0.3, -0.25) is 0 Å². The third-order valence-corrected chi connectivity index (χ3v) is 4.33. The first kappa shape index (κ1) is 12.7. The number of hydrogen-bond donors (Lipinski definition) is 0. The summed E-state index contributed by atoms with van der Waals surface area (Å²) in [7, 11) is 0. The highest BCUT2D eigenvalue weighted by Gasteiger charge is 2.27. The smallest absolute Gasteiger partial charge is 0.128 e. The van der Waals surface area contributed by atoms with Crippen molar-refractivity contribution in [2.45, 2.75) is 19.4 Å². The van der Waals surface area contributed by atoms with Crippen molar-refractivity contribution >= 4 is 21.7 Å². The first-order valence-corrected chi connectivity index (χ1v) is 7.37. The maximum absolute atomic E-state index is 4.50. The molecule has 1 aliphatic heterocycles. The summed E-state index contributed by atoms with van der Waals surface area (Å²) >= 11 is 3.43. The van der Waals surface area contributed by atoms with Crippen LogP contribution in [0.3, 0.4) is 0 Å². The maximum Gasteiger partial charge on any atom is 0.128 e. The standard InChI is InChI=1S/C14H17BrN4/c1-11-4-6-18(14-3-2-12(15)8-17-14)9-13(11)19-7-5-16-10-19/h2-3,5,7-8,10-11,13H,4,6,9H2,1H3. The fourth-order valence-corrected chi connectivity index (χ4v) is 2.90. The van der Waals surface area contributed by atoms with Gasteiger partial charge in [-0.1, -0.05) is 6.92 Å². The molecular formula is C14H17BrN4. The lowest BCUT2D eigenvalue weighted by Gasteiger charge is -2.38. The normalized spacial score (nSPS) is 23.6. The second kappa shape index (κ2) is 5.33. The minimum atomic E-state index is 0.474. The molecule has 5 heteroatoms. The number of imidazole rings is 1. The van der Waals surface area contributed by atoms with Gasteiger partial charge in [-0.05, 0) is 40.4 Å². The summed E-state index contributed by atoms with van der Waals surface area (Å²) < 4.78 is 3.24. The van der Waals surface area contributed by atoms with Crippen LogP contribution >= 0.6 is 15.9 Å². The van der Waals surface area contributed by atoms with Crippen molar-refractivity contribution in [3.8, 4) is 0 Å². The molecule has 0 bridgehead atoms. The van der Waals surface area contributed by atoms with Gasteiger partial charge in [-0.25, -0.2) is 9.97 Å². The third kappa shape index (κ3) is 2.66. The highest BCUT2D eigenvalue weighted by Crippen LogP contribution is 2.29. The Morgan fingerprint density at radius 1 is 1.37 bits per heavy atom. The van der Waals surface area contributed by atoms with Crippen LogP contribution in [0, 0.1) is 5.92 Å². The van der Waals surface area contributed by atoms with Crippen molar-refractivity contribution in [1.82, 2.24) is 14.5 Å². The van der Waals surface area contributed by atoms with Crippen molar-refractivity contribution < 1.29 is 0 Å². The van der Waals surface area contributed by atoms with Crippen molar-refractivity contribution in [1.29, 1.82) is 0 Å². The number of pyridine rings is 1. The summed E-state index contributed by atoms with van der Waals surface area (Å²) in [5.74, 6) is 1.72. The van der Waals surface area contributed by atoms with Crippen LogP contribution < -0.4 is 4.90 Å². The number of aromatic nitrogens is 3. The lowest BCUT2D eigenvalue weighted by Crippen LogP contribution is -2.40. The van der Waals surface area contributed by atoms with Crippen LogP contribution in [-0.2, 0) is 0 Å². The van der Waals surface area contributed by atoms with Crippen molar-refractivity contribution in [3.63, 3.8) is 0 Å². The van der Waals surface area contributed by atoms with E-state index < -0.39 is 0 Å². The van der Waals surface area contributed by atoms with E-state index in [1.165, 1.54) is 6.42 Å². The molecule has 2 unspecified atom stereocenters. The molecular weight excluding hydrogens is 304 g/mol. The Balaban J connectivity index is 1.80. The van der Waals surface area contributed by atoms with E-state index in [2.05, 4.69) is 54.6 Å². The van der Waals surface area contributed by atoms with Crippen molar-refractivity contribution in [2.24, 2.45) is 5.92 Å². The predicted octanol–water partition coefficient (Wildman–Crippen LogP) is 3.13. The molecule has 1 saturated heterocycles. The van der Waals surface area contributed by atoms with E-state index in [9.17, 15) is 0 Å². The van der Waals surface area contributed by atoms with Crippen LogP contribution in [-0.4, -0.2) is 27.6 Å². The van der Waals surface area contributed by atoms with Crippen molar-refractivity contribution in [2.75, 3.05) is 18.0 Å². The molecule has 2 aromatic rings. The Kier molecular flexibility index (Phi) is 3.55. The number of halogens is 1. The molecule has 0 N–H and O–H groups in total. The van der Waals surface area contributed by atoms with Gasteiger partial charge in [0.05, 0.1) is 12.4 Å². The SMILES string of the molecule is CC1CCN(c2ccc(Br)cn2)CC1n1ccnc1. The van der Waals surface area contributed by atoms with E-state index in [1.54, 1.807) is 0 Å². The molecule has 0 saturated carbocycles. The molecule has 19 heavy (non-hydrogen) atoms. The molecule has 3 heterocycles. The molecule has 0 aromatic carbocycles. The number of hydrogen-bond acceptors (Lipinski definition) is 3. The van der Waals surface area contributed by atoms with E-state index >= 15 is 0 Å². The topological polar surface area (TPSA) is 34.0 Å². The monoisotopic (exact) mass is 320 g/mol. The number of nitrogens with zero attached hydrogens (tertiary/aromatic N) is 4. The summed E-state index contributed by atoms with van der Waals surface area (Å²) in [4.78, 5) is 11.0. The molecule has 1 fully saturated rings. The fraction of sp³-hybridized carbons (Fsp3) is 0.429. The number of piperidine rings is 1. The van der Waals surface area contributed by atoms with Crippen LogP contribution in [0.25, 0.3) is 0 Å². The quantitative estimate of drug-likeness (QED) is 0.852.